The first-order valence-corrected chi connectivity index (χ1v) is 9.27. The van der Waals surface area contributed by atoms with Gasteiger partial charge < -0.3 is 14.3 Å². The predicted molar refractivity (Wildman–Crippen MR) is 103 cm³/mol. The van der Waals surface area contributed by atoms with Gasteiger partial charge in [0.05, 0.1) is 18.1 Å². The van der Waals surface area contributed by atoms with Gasteiger partial charge in [-0.05, 0) is 60.3 Å². The first kappa shape index (κ1) is 20.7. The summed E-state index contributed by atoms with van der Waals surface area (Å²) in [5, 5.41) is 9.53. The molecule has 1 aromatic heterocycles. The van der Waals surface area contributed by atoms with Gasteiger partial charge in [0.1, 0.15) is 6.61 Å². The third-order valence-corrected chi connectivity index (χ3v) is 5.45. The molecule has 0 amide bonds. The van der Waals surface area contributed by atoms with Gasteiger partial charge in [0.2, 0.25) is 0 Å². The van der Waals surface area contributed by atoms with Crippen molar-refractivity contribution in [1.82, 2.24) is 0 Å². The fraction of sp³-hybridized carbons (Fsp3) is 0.455. The van der Waals surface area contributed by atoms with Crippen LogP contribution in [0.5, 0.6) is 0 Å². The number of hydrogen-bond acceptors (Lipinski definition) is 4. The van der Waals surface area contributed by atoms with E-state index in [1.54, 1.807) is 24.7 Å². The van der Waals surface area contributed by atoms with Crippen LogP contribution in [0.4, 0.5) is 0 Å². The number of ether oxygens (including phenoxy) is 1. The van der Waals surface area contributed by atoms with E-state index in [0.717, 1.165) is 19.3 Å². The molecular formula is C22H28O5. The Labute approximate surface area is 160 Å². The lowest BCUT2D eigenvalue weighted by atomic mass is 9.71. The number of allylic oxidation sites excluding steroid dienone is 3. The van der Waals surface area contributed by atoms with Gasteiger partial charge in [-0.15, -0.1) is 0 Å². The van der Waals surface area contributed by atoms with E-state index in [9.17, 15) is 14.7 Å². The molecule has 1 aliphatic carbocycles. The van der Waals surface area contributed by atoms with E-state index < -0.39 is 11.9 Å². The molecule has 0 unspecified atom stereocenters. The number of carbonyl (C=O) groups is 2. The van der Waals surface area contributed by atoms with Gasteiger partial charge >= 0.3 is 11.9 Å². The zero-order chi connectivity index (χ0) is 19.9. The zero-order valence-electron chi connectivity index (χ0n) is 16.2. The summed E-state index contributed by atoms with van der Waals surface area (Å²) in [5.41, 5.74) is 1.99. The molecule has 0 aliphatic heterocycles. The van der Waals surface area contributed by atoms with Crippen molar-refractivity contribution < 1.29 is 23.8 Å². The van der Waals surface area contributed by atoms with Gasteiger partial charge in [-0.25, -0.2) is 4.79 Å². The number of aryl methyl sites for hydroxylation is 1. The Kier molecular flexibility index (Phi) is 7.22. The Bertz CT molecular complexity index is 739. The van der Waals surface area contributed by atoms with Gasteiger partial charge in [-0.1, -0.05) is 32.1 Å². The number of carboxylic acids is 1. The molecule has 0 bridgehead atoms. The number of hydrogen-bond donors (Lipinski definition) is 1. The molecule has 27 heavy (non-hydrogen) atoms. The van der Waals surface area contributed by atoms with Crippen LogP contribution in [-0.2, 0) is 20.7 Å². The van der Waals surface area contributed by atoms with Crippen molar-refractivity contribution in [3.05, 3.63) is 59.6 Å². The summed E-state index contributed by atoms with van der Waals surface area (Å²) in [5.74, 6) is -1.08. The SMILES string of the molecule is CC(=O)OC/C1=C(C(=O)O)/C=C\C=C\[C@@](C)(CCc2ccoc2)[C@H](C)CC1. The normalized spacial score (nSPS) is 28.3. The molecule has 1 heterocycles. The Hall–Kier alpha value is -2.56. The zero-order valence-corrected chi connectivity index (χ0v) is 16.2. The molecule has 2 atom stereocenters. The summed E-state index contributed by atoms with van der Waals surface area (Å²) in [4.78, 5) is 22.8. The lowest BCUT2D eigenvalue weighted by Crippen LogP contribution is -2.25. The Morgan fingerprint density at radius 2 is 2.15 bits per heavy atom. The minimum atomic E-state index is -1.00. The van der Waals surface area contributed by atoms with Gasteiger partial charge in [0.15, 0.2) is 0 Å². The van der Waals surface area contributed by atoms with E-state index in [4.69, 9.17) is 9.15 Å². The lowest BCUT2D eigenvalue weighted by molar-refractivity contribution is -0.140. The highest BCUT2D eigenvalue weighted by Gasteiger charge is 2.29. The molecule has 146 valence electrons. The molecule has 0 spiro atoms. The van der Waals surface area contributed by atoms with Gasteiger partial charge in [0, 0.05) is 6.92 Å². The van der Waals surface area contributed by atoms with Gasteiger partial charge in [0.25, 0.3) is 0 Å². The Morgan fingerprint density at radius 3 is 2.78 bits per heavy atom. The fourth-order valence-electron chi connectivity index (χ4n) is 3.30. The summed E-state index contributed by atoms with van der Waals surface area (Å²) < 4.78 is 10.2. The maximum atomic E-state index is 11.6. The molecule has 0 saturated carbocycles. The van der Waals surface area contributed by atoms with E-state index in [2.05, 4.69) is 19.9 Å². The first-order chi connectivity index (χ1) is 12.8. The average Bonchev–Trinajstić information content (AvgIpc) is 3.13. The van der Waals surface area contributed by atoms with Crippen LogP contribution < -0.4 is 0 Å². The second kappa shape index (κ2) is 9.40. The summed E-state index contributed by atoms with van der Waals surface area (Å²) in [6, 6.07) is 1.98. The minimum absolute atomic E-state index is 0.0173. The molecule has 0 saturated heterocycles. The molecule has 1 aromatic rings. The second-order valence-electron chi connectivity index (χ2n) is 7.40. The summed E-state index contributed by atoms with van der Waals surface area (Å²) in [6.07, 6.45) is 14.2. The van der Waals surface area contributed by atoms with Crippen LogP contribution in [-0.4, -0.2) is 23.7 Å². The highest BCUT2D eigenvalue weighted by atomic mass is 16.5. The summed E-state index contributed by atoms with van der Waals surface area (Å²) >= 11 is 0. The Balaban J connectivity index is 2.21. The van der Waals surface area contributed by atoms with Gasteiger partial charge in [-0.2, -0.15) is 0 Å². The van der Waals surface area contributed by atoms with Crippen molar-refractivity contribution in [2.75, 3.05) is 6.61 Å². The molecule has 0 fully saturated rings. The van der Waals surface area contributed by atoms with E-state index in [1.165, 1.54) is 12.5 Å². The molecule has 1 aliphatic rings. The molecule has 1 N–H and O–H groups in total. The van der Waals surface area contributed by atoms with Crippen LogP contribution in [0.3, 0.4) is 0 Å². The van der Waals surface area contributed by atoms with Crippen LogP contribution in [0.1, 0.15) is 45.6 Å². The van der Waals surface area contributed by atoms with E-state index >= 15 is 0 Å². The average molecular weight is 372 g/mol. The minimum Gasteiger partial charge on any atom is -0.478 e. The summed E-state index contributed by atoms with van der Waals surface area (Å²) in [7, 11) is 0. The van der Waals surface area contributed by atoms with Crippen LogP contribution in [0, 0.1) is 11.3 Å². The maximum Gasteiger partial charge on any atom is 0.335 e. The number of rotatable bonds is 6. The monoisotopic (exact) mass is 372 g/mol. The van der Waals surface area contributed by atoms with Crippen LogP contribution in [0.15, 0.2) is 58.5 Å². The van der Waals surface area contributed by atoms with Crippen molar-refractivity contribution >= 4 is 11.9 Å². The van der Waals surface area contributed by atoms with Crippen LogP contribution in [0.2, 0.25) is 0 Å². The van der Waals surface area contributed by atoms with E-state index in [1.807, 2.05) is 12.1 Å². The molecule has 5 nitrogen and oxygen atoms in total. The number of furan rings is 1. The quantitative estimate of drug-likeness (QED) is 0.732. The van der Waals surface area contributed by atoms with Crippen molar-refractivity contribution in [3.8, 4) is 0 Å². The fourth-order valence-corrected chi connectivity index (χ4v) is 3.30. The number of carbonyl (C=O) groups excluding carboxylic acids is 1. The van der Waals surface area contributed by atoms with Crippen molar-refractivity contribution in [2.24, 2.45) is 11.3 Å². The van der Waals surface area contributed by atoms with Crippen molar-refractivity contribution in [3.63, 3.8) is 0 Å². The van der Waals surface area contributed by atoms with Crippen molar-refractivity contribution in [1.29, 1.82) is 0 Å². The predicted octanol–water partition coefficient (Wildman–Crippen LogP) is 4.71. The highest BCUT2D eigenvalue weighted by Crippen LogP contribution is 2.38. The molecular weight excluding hydrogens is 344 g/mol. The van der Waals surface area contributed by atoms with Gasteiger partial charge in [-0.3, -0.25) is 4.79 Å². The summed E-state index contributed by atoms with van der Waals surface area (Å²) in [6.45, 7) is 5.77. The highest BCUT2D eigenvalue weighted by molar-refractivity contribution is 5.91. The Morgan fingerprint density at radius 1 is 1.37 bits per heavy atom. The topological polar surface area (TPSA) is 76.7 Å². The number of aliphatic carboxylic acids is 1. The number of esters is 1. The van der Waals surface area contributed by atoms with E-state index in [0.29, 0.717) is 17.9 Å². The third-order valence-electron chi connectivity index (χ3n) is 5.45. The van der Waals surface area contributed by atoms with Crippen molar-refractivity contribution in [2.45, 2.75) is 46.5 Å². The van der Waals surface area contributed by atoms with E-state index in [-0.39, 0.29) is 17.6 Å². The standard InChI is InChI=1S/C22H28O5/c1-16-7-8-19(15-27-17(2)23)20(21(24)25)6-4-5-11-22(16,3)12-9-18-10-13-26-14-18/h4-6,10-11,13-14,16H,7-9,12,15H2,1-3H3,(H,24,25)/b6-4-,11-5+,20-19-/t16-,22+/m1/s1. The van der Waals surface area contributed by atoms with Crippen LogP contribution in [0.25, 0.3) is 0 Å². The lowest BCUT2D eigenvalue weighted by Gasteiger charge is -2.34. The second-order valence-corrected chi connectivity index (χ2v) is 7.40. The number of carboxylic acid groups (broad SMARTS) is 1. The molecule has 2 rings (SSSR count). The molecule has 0 radical (unpaired) electrons. The molecule has 0 aromatic carbocycles. The first-order valence-electron chi connectivity index (χ1n) is 9.27. The maximum absolute atomic E-state index is 11.6. The van der Waals surface area contributed by atoms with Crippen LogP contribution >= 0.6 is 0 Å². The molecule has 5 heteroatoms. The third kappa shape index (κ3) is 5.98. The largest absolute Gasteiger partial charge is 0.478 e. The smallest absolute Gasteiger partial charge is 0.335 e.